The van der Waals surface area contributed by atoms with E-state index in [0.29, 0.717) is 18.2 Å². The Bertz CT molecular complexity index is 723. The van der Waals surface area contributed by atoms with Crippen LogP contribution in [0.1, 0.15) is 43.5 Å². The quantitative estimate of drug-likeness (QED) is 0.733. The van der Waals surface area contributed by atoms with Crippen molar-refractivity contribution in [1.82, 2.24) is 9.88 Å². The summed E-state index contributed by atoms with van der Waals surface area (Å²) < 4.78 is 6.13. The van der Waals surface area contributed by atoms with E-state index in [1.807, 2.05) is 19.1 Å². The second-order valence-corrected chi connectivity index (χ2v) is 7.61. The lowest BCUT2D eigenvalue weighted by atomic mass is 10.0. The van der Waals surface area contributed by atoms with Crippen molar-refractivity contribution in [3.05, 3.63) is 23.8 Å². The molecule has 1 aromatic carbocycles. The third-order valence-electron chi connectivity index (χ3n) is 4.82. The van der Waals surface area contributed by atoms with Gasteiger partial charge in [0, 0.05) is 19.1 Å². The summed E-state index contributed by atoms with van der Waals surface area (Å²) in [5.41, 5.74) is 1.56. The highest BCUT2D eigenvalue weighted by molar-refractivity contribution is 7.22. The van der Waals surface area contributed by atoms with Crippen LogP contribution in [0.15, 0.2) is 18.2 Å². The number of carbonyl (C=O) groups excluding carboxylic acids is 1. The van der Waals surface area contributed by atoms with Gasteiger partial charge in [-0.2, -0.15) is 0 Å². The Hall–Kier alpha value is -1.66. The molecule has 1 aliphatic heterocycles. The van der Waals surface area contributed by atoms with Gasteiger partial charge in [-0.3, -0.25) is 0 Å². The smallest absolute Gasteiger partial charge is 0.338 e. The van der Waals surface area contributed by atoms with E-state index in [2.05, 4.69) is 23.8 Å². The van der Waals surface area contributed by atoms with Crippen LogP contribution < -0.4 is 4.90 Å². The SMILES string of the molecule is CCCN(C)C1CCN(c2nc3ccc(C(=O)OCC)cc3s2)CC1. The lowest BCUT2D eigenvalue weighted by molar-refractivity contribution is 0.0526. The number of rotatable bonds is 6. The third-order valence-corrected chi connectivity index (χ3v) is 5.90. The van der Waals surface area contributed by atoms with Gasteiger partial charge in [0.2, 0.25) is 0 Å². The maximum absolute atomic E-state index is 11.9. The first kappa shape index (κ1) is 18.1. The molecule has 0 aliphatic carbocycles. The number of esters is 1. The fraction of sp³-hybridized carbons (Fsp3) is 0.579. The van der Waals surface area contributed by atoms with Crippen LogP contribution in [0, 0.1) is 0 Å². The first-order valence-electron chi connectivity index (χ1n) is 9.15. The van der Waals surface area contributed by atoms with Gasteiger partial charge in [0.25, 0.3) is 0 Å². The van der Waals surface area contributed by atoms with Crippen LogP contribution in [-0.4, -0.2) is 55.2 Å². The minimum Gasteiger partial charge on any atom is -0.462 e. The molecule has 0 N–H and O–H groups in total. The molecule has 1 aromatic heterocycles. The number of benzene rings is 1. The number of aromatic nitrogens is 1. The number of ether oxygens (including phenoxy) is 1. The maximum atomic E-state index is 11.9. The van der Waals surface area contributed by atoms with E-state index in [0.717, 1.165) is 28.4 Å². The predicted molar refractivity (Wildman–Crippen MR) is 104 cm³/mol. The molecule has 3 rings (SSSR count). The van der Waals surface area contributed by atoms with Crippen molar-refractivity contribution >= 4 is 32.7 Å². The van der Waals surface area contributed by atoms with Crippen molar-refractivity contribution in [3.63, 3.8) is 0 Å². The molecule has 0 spiro atoms. The van der Waals surface area contributed by atoms with Gasteiger partial charge in [-0.05, 0) is 58.0 Å². The number of nitrogens with zero attached hydrogens (tertiary/aromatic N) is 3. The Labute approximate surface area is 153 Å². The zero-order chi connectivity index (χ0) is 17.8. The molecule has 0 saturated carbocycles. The van der Waals surface area contributed by atoms with E-state index < -0.39 is 0 Å². The minimum absolute atomic E-state index is 0.265. The summed E-state index contributed by atoms with van der Waals surface area (Å²) in [7, 11) is 2.23. The van der Waals surface area contributed by atoms with Gasteiger partial charge in [0.15, 0.2) is 5.13 Å². The molecule has 0 unspecified atom stereocenters. The van der Waals surface area contributed by atoms with Crippen LogP contribution >= 0.6 is 11.3 Å². The zero-order valence-corrected chi connectivity index (χ0v) is 16.1. The normalized spacial score (nSPS) is 15.9. The standard InChI is InChI=1S/C19H27N3O2S/c1-4-10-21(3)15-8-11-22(12-9-15)19-20-16-7-6-14(13-17(16)25-19)18(23)24-5-2/h6-7,13,15H,4-5,8-12H2,1-3H3. The highest BCUT2D eigenvalue weighted by Crippen LogP contribution is 2.31. The number of thiazole rings is 1. The number of hydrogen-bond donors (Lipinski definition) is 0. The van der Waals surface area contributed by atoms with Gasteiger partial charge in [0.05, 0.1) is 22.4 Å². The van der Waals surface area contributed by atoms with E-state index in [1.165, 1.54) is 25.8 Å². The van der Waals surface area contributed by atoms with Crippen LogP contribution in [0.4, 0.5) is 5.13 Å². The molecule has 0 atom stereocenters. The van der Waals surface area contributed by atoms with E-state index in [4.69, 9.17) is 9.72 Å². The zero-order valence-electron chi connectivity index (χ0n) is 15.3. The number of hydrogen-bond acceptors (Lipinski definition) is 6. The molecule has 6 heteroatoms. The second-order valence-electron chi connectivity index (χ2n) is 6.60. The summed E-state index contributed by atoms with van der Waals surface area (Å²) in [6, 6.07) is 6.30. The third kappa shape index (κ3) is 4.12. The lowest BCUT2D eigenvalue weighted by Crippen LogP contribution is -2.43. The highest BCUT2D eigenvalue weighted by atomic mass is 32.1. The van der Waals surface area contributed by atoms with Crippen LogP contribution in [0.2, 0.25) is 0 Å². The van der Waals surface area contributed by atoms with Crippen molar-refractivity contribution in [2.75, 3.05) is 38.2 Å². The van der Waals surface area contributed by atoms with Gasteiger partial charge < -0.3 is 14.5 Å². The summed E-state index contributed by atoms with van der Waals surface area (Å²) in [5, 5.41) is 1.06. The fourth-order valence-electron chi connectivity index (χ4n) is 3.42. The molecule has 0 radical (unpaired) electrons. The molecule has 0 amide bonds. The highest BCUT2D eigenvalue weighted by Gasteiger charge is 2.24. The average molecular weight is 362 g/mol. The summed E-state index contributed by atoms with van der Waals surface area (Å²) >= 11 is 1.67. The van der Waals surface area contributed by atoms with E-state index >= 15 is 0 Å². The minimum atomic E-state index is -0.265. The predicted octanol–water partition coefficient (Wildman–Crippen LogP) is 3.78. The first-order valence-corrected chi connectivity index (χ1v) is 9.97. The lowest BCUT2D eigenvalue weighted by Gasteiger charge is -2.36. The second kappa shape index (κ2) is 8.15. The van der Waals surface area contributed by atoms with Gasteiger partial charge in [-0.1, -0.05) is 18.3 Å². The topological polar surface area (TPSA) is 45.7 Å². The fourth-order valence-corrected chi connectivity index (χ4v) is 4.48. The molecular weight excluding hydrogens is 334 g/mol. The van der Waals surface area contributed by atoms with Crippen molar-refractivity contribution in [3.8, 4) is 0 Å². The molecule has 2 heterocycles. The van der Waals surface area contributed by atoms with Gasteiger partial charge in [0.1, 0.15) is 0 Å². The number of anilines is 1. The number of fused-ring (bicyclic) bond motifs is 1. The molecule has 2 aromatic rings. The summed E-state index contributed by atoms with van der Waals surface area (Å²) in [4.78, 5) is 21.5. The van der Waals surface area contributed by atoms with Crippen LogP contribution in [-0.2, 0) is 4.74 Å². The van der Waals surface area contributed by atoms with Gasteiger partial charge in [-0.15, -0.1) is 0 Å². The maximum Gasteiger partial charge on any atom is 0.338 e. The number of carbonyl (C=O) groups is 1. The Morgan fingerprint density at radius 1 is 1.36 bits per heavy atom. The summed E-state index contributed by atoms with van der Waals surface area (Å²) in [6.45, 7) is 7.71. The Balaban J connectivity index is 1.69. The molecule has 5 nitrogen and oxygen atoms in total. The van der Waals surface area contributed by atoms with Crippen molar-refractivity contribution in [2.24, 2.45) is 0 Å². The molecule has 0 bridgehead atoms. The molecule has 1 aliphatic rings. The van der Waals surface area contributed by atoms with E-state index in [1.54, 1.807) is 17.4 Å². The molecule has 25 heavy (non-hydrogen) atoms. The van der Waals surface area contributed by atoms with Crippen molar-refractivity contribution in [2.45, 2.75) is 39.2 Å². The van der Waals surface area contributed by atoms with Crippen LogP contribution in [0.5, 0.6) is 0 Å². The molecule has 1 saturated heterocycles. The molecule has 136 valence electrons. The summed E-state index contributed by atoms with van der Waals surface area (Å²) in [6.07, 6.45) is 3.57. The Morgan fingerprint density at radius 3 is 2.80 bits per heavy atom. The van der Waals surface area contributed by atoms with Crippen LogP contribution in [0.3, 0.4) is 0 Å². The molecular formula is C19H27N3O2S. The monoisotopic (exact) mass is 361 g/mol. The van der Waals surface area contributed by atoms with Crippen molar-refractivity contribution in [1.29, 1.82) is 0 Å². The Morgan fingerprint density at radius 2 is 2.12 bits per heavy atom. The molecule has 1 fully saturated rings. The first-order chi connectivity index (χ1) is 12.1. The largest absolute Gasteiger partial charge is 0.462 e. The summed E-state index contributed by atoms with van der Waals surface area (Å²) in [5.74, 6) is -0.265. The van der Waals surface area contributed by atoms with Crippen LogP contribution in [0.25, 0.3) is 10.2 Å². The van der Waals surface area contributed by atoms with E-state index in [9.17, 15) is 4.79 Å². The van der Waals surface area contributed by atoms with Gasteiger partial charge >= 0.3 is 5.97 Å². The van der Waals surface area contributed by atoms with E-state index in [-0.39, 0.29) is 5.97 Å². The number of piperidine rings is 1. The average Bonchev–Trinajstić information content (AvgIpc) is 3.05. The Kier molecular flexibility index (Phi) is 5.91. The van der Waals surface area contributed by atoms with Crippen molar-refractivity contribution < 1.29 is 9.53 Å². The van der Waals surface area contributed by atoms with Gasteiger partial charge in [-0.25, -0.2) is 9.78 Å².